The summed E-state index contributed by atoms with van der Waals surface area (Å²) in [4.78, 5) is 18.2. The molecule has 3 aromatic rings. The molecular weight excluding hydrogens is 350 g/mol. The van der Waals surface area contributed by atoms with E-state index >= 15 is 0 Å². The maximum atomic E-state index is 6.37. The van der Waals surface area contributed by atoms with E-state index in [4.69, 9.17) is 9.40 Å². The number of nitrogens with one attached hydrogen (secondary N) is 1. The van der Waals surface area contributed by atoms with Gasteiger partial charge in [0.15, 0.2) is 11.4 Å². The normalized spacial score (nSPS) is 18.4. The summed E-state index contributed by atoms with van der Waals surface area (Å²) in [6.45, 7) is 8.77. The molecule has 0 radical (unpaired) electrons. The van der Waals surface area contributed by atoms with Crippen LogP contribution in [0.3, 0.4) is 0 Å². The van der Waals surface area contributed by atoms with Gasteiger partial charge in [0.05, 0.1) is 38.6 Å². The standard InChI is InChI=1S/C22H29N5O/c1-14(2)12-17-15-6-4-5-7-16(15)18-19-20(28-22(18)25-17)21(24-13-23-19)27-10-8-26(3)9-11-27/h13-14H,4-12H2,1-3H3/p+1. The second-order valence-electron chi connectivity index (χ2n) is 8.92. The van der Waals surface area contributed by atoms with Crippen molar-refractivity contribution < 1.29 is 9.32 Å². The molecule has 1 fully saturated rings. The lowest BCUT2D eigenvalue weighted by Crippen LogP contribution is -3.12. The first-order chi connectivity index (χ1) is 13.6. The number of likely N-dealkylation sites (N-methyl/N-ethyl adjacent to an activating group) is 1. The van der Waals surface area contributed by atoms with Gasteiger partial charge in [0, 0.05) is 5.69 Å². The van der Waals surface area contributed by atoms with Gasteiger partial charge in [-0.05, 0) is 49.1 Å². The number of hydrogen-bond acceptors (Lipinski definition) is 5. The zero-order valence-electron chi connectivity index (χ0n) is 17.2. The quantitative estimate of drug-likeness (QED) is 0.755. The third kappa shape index (κ3) is 2.94. The lowest BCUT2D eigenvalue weighted by molar-refractivity contribution is -0.880. The van der Waals surface area contributed by atoms with Crippen LogP contribution in [0.1, 0.15) is 43.5 Å². The number of aromatic nitrogens is 3. The highest BCUT2D eigenvalue weighted by Crippen LogP contribution is 2.38. The summed E-state index contributed by atoms with van der Waals surface area (Å²) in [6.07, 6.45) is 7.44. The van der Waals surface area contributed by atoms with E-state index in [9.17, 15) is 0 Å². The highest BCUT2D eigenvalue weighted by molar-refractivity contribution is 6.06. The van der Waals surface area contributed by atoms with Gasteiger partial charge in [0.1, 0.15) is 11.8 Å². The first-order valence-corrected chi connectivity index (χ1v) is 10.8. The van der Waals surface area contributed by atoms with Gasteiger partial charge in [-0.2, -0.15) is 0 Å². The number of pyridine rings is 1. The molecule has 0 spiro atoms. The van der Waals surface area contributed by atoms with Crippen LogP contribution in [0.5, 0.6) is 0 Å². The van der Waals surface area contributed by atoms with Crippen molar-refractivity contribution in [2.24, 2.45) is 5.92 Å². The van der Waals surface area contributed by atoms with Crippen LogP contribution >= 0.6 is 0 Å². The molecule has 0 saturated carbocycles. The molecule has 1 N–H and O–H groups in total. The Labute approximate surface area is 166 Å². The van der Waals surface area contributed by atoms with E-state index < -0.39 is 0 Å². The van der Waals surface area contributed by atoms with Crippen LogP contribution in [-0.4, -0.2) is 48.2 Å². The summed E-state index contributed by atoms with van der Waals surface area (Å²) >= 11 is 0. The molecule has 1 aliphatic heterocycles. The molecular formula is C22H30N5O+. The number of furan rings is 1. The van der Waals surface area contributed by atoms with Gasteiger partial charge in [-0.25, -0.2) is 15.0 Å². The SMILES string of the molecule is CC(C)Cc1nc2oc3c(N4CC[NH+](C)CC4)ncnc3c2c2c1CCCC2. The number of anilines is 1. The first-order valence-electron chi connectivity index (χ1n) is 10.8. The fourth-order valence-electron chi connectivity index (χ4n) is 4.81. The number of piperazine rings is 1. The van der Waals surface area contributed by atoms with Crippen molar-refractivity contribution >= 4 is 28.0 Å². The zero-order chi connectivity index (χ0) is 19.3. The Morgan fingerprint density at radius 2 is 1.86 bits per heavy atom. The molecule has 0 aromatic carbocycles. The predicted octanol–water partition coefficient (Wildman–Crippen LogP) is 2.18. The van der Waals surface area contributed by atoms with Gasteiger partial charge in [-0.1, -0.05) is 13.8 Å². The van der Waals surface area contributed by atoms with E-state index in [0.29, 0.717) is 5.92 Å². The summed E-state index contributed by atoms with van der Waals surface area (Å²) in [5.74, 6) is 1.52. The molecule has 0 unspecified atom stereocenters. The molecule has 5 rings (SSSR count). The van der Waals surface area contributed by atoms with Crippen molar-refractivity contribution in [1.82, 2.24) is 15.0 Å². The van der Waals surface area contributed by atoms with Crippen molar-refractivity contribution in [3.8, 4) is 0 Å². The lowest BCUT2D eigenvalue weighted by atomic mass is 9.87. The minimum Gasteiger partial charge on any atom is -0.432 e. The lowest BCUT2D eigenvalue weighted by Gasteiger charge is -2.30. The molecule has 1 saturated heterocycles. The van der Waals surface area contributed by atoms with Crippen molar-refractivity contribution in [1.29, 1.82) is 0 Å². The van der Waals surface area contributed by atoms with Crippen LogP contribution in [0.2, 0.25) is 0 Å². The average molecular weight is 381 g/mol. The molecule has 4 heterocycles. The fraction of sp³-hybridized carbons (Fsp3) is 0.591. The highest BCUT2D eigenvalue weighted by Gasteiger charge is 2.27. The van der Waals surface area contributed by atoms with Gasteiger partial charge < -0.3 is 14.2 Å². The summed E-state index contributed by atoms with van der Waals surface area (Å²) in [7, 11) is 2.25. The Morgan fingerprint density at radius 1 is 1.11 bits per heavy atom. The maximum absolute atomic E-state index is 6.37. The van der Waals surface area contributed by atoms with Gasteiger partial charge in [-0.15, -0.1) is 0 Å². The average Bonchev–Trinajstić information content (AvgIpc) is 3.07. The van der Waals surface area contributed by atoms with E-state index in [-0.39, 0.29) is 0 Å². The number of rotatable bonds is 3. The molecule has 6 nitrogen and oxygen atoms in total. The fourth-order valence-corrected chi connectivity index (χ4v) is 4.81. The Bertz CT molecular complexity index is 1020. The van der Waals surface area contributed by atoms with Crippen molar-refractivity contribution in [2.75, 3.05) is 38.1 Å². The second-order valence-corrected chi connectivity index (χ2v) is 8.92. The largest absolute Gasteiger partial charge is 0.432 e. The zero-order valence-corrected chi connectivity index (χ0v) is 17.2. The second kappa shape index (κ2) is 6.99. The van der Waals surface area contributed by atoms with Crippen LogP contribution < -0.4 is 9.80 Å². The Kier molecular flexibility index (Phi) is 4.46. The van der Waals surface area contributed by atoms with Crippen LogP contribution in [-0.2, 0) is 19.3 Å². The monoisotopic (exact) mass is 380 g/mol. The molecule has 0 amide bonds. The third-order valence-electron chi connectivity index (χ3n) is 6.31. The van der Waals surface area contributed by atoms with Crippen LogP contribution in [0.25, 0.3) is 22.2 Å². The molecule has 28 heavy (non-hydrogen) atoms. The van der Waals surface area contributed by atoms with Crippen LogP contribution in [0.15, 0.2) is 10.7 Å². The number of nitrogens with zero attached hydrogens (tertiary/aromatic N) is 4. The molecule has 3 aromatic heterocycles. The van der Waals surface area contributed by atoms with E-state index in [2.05, 4.69) is 35.8 Å². The van der Waals surface area contributed by atoms with Gasteiger partial charge >= 0.3 is 0 Å². The molecule has 148 valence electrons. The summed E-state index contributed by atoms with van der Waals surface area (Å²) in [5.41, 5.74) is 6.64. The van der Waals surface area contributed by atoms with Crippen LogP contribution in [0.4, 0.5) is 5.82 Å². The summed E-state index contributed by atoms with van der Waals surface area (Å²) in [6, 6.07) is 0. The number of aryl methyl sites for hydroxylation is 1. The van der Waals surface area contributed by atoms with Gasteiger partial charge in [0.25, 0.3) is 0 Å². The minimum absolute atomic E-state index is 0.587. The summed E-state index contributed by atoms with van der Waals surface area (Å²) < 4.78 is 6.37. The Hall–Kier alpha value is -2.21. The molecule has 6 heteroatoms. The number of hydrogen-bond donors (Lipinski definition) is 1. The van der Waals surface area contributed by atoms with E-state index in [1.807, 2.05) is 0 Å². The van der Waals surface area contributed by atoms with Crippen molar-refractivity contribution in [3.63, 3.8) is 0 Å². The van der Waals surface area contributed by atoms with Crippen LogP contribution in [0, 0.1) is 5.92 Å². The number of quaternary nitrogens is 1. The third-order valence-corrected chi connectivity index (χ3v) is 6.31. The molecule has 0 atom stereocenters. The summed E-state index contributed by atoms with van der Waals surface area (Å²) in [5, 5.41) is 1.14. The number of fused-ring (bicyclic) bond motifs is 5. The Morgan fingerprint density at radius 3 is 2.61 bits per heavy atom. The molecule has 2 aliphatic rings. The van der Waals surface area contributed by atoms with Crippen molar-refractivity contribution in [3.05, 3.63) is 23.1 Å². The Balaban J connectivity index is 1.70. The van der Waals surface area contributed by atoms with Gasteiger partial charge in [0.2, 0.25) is 5.71 Å². The highest BCUT2D eigenvalue weighted by atomic mass is 16.3. The van der Waals surface area contributed by atoms with E-state index in [0.717, 1.165) is 73.5 Å². The minimum atomic E-state index is 0.587. The van der Waals surface area contributed by atoms with E-state index in [1.165, 1.54) is 29.7 Å². The smallest absolute Gasteiger partial charge is 0.229 e. The van der Waals surface area contributed by atoms with E-state index in [1.54, 1.807) is 11.2 Å². The molecule has 1 aliphatic carbocycles. The predicted molar refractivity (Wildman–Crippen MR) is 111 cm³/mol. The van der Waals surface area contributed by atoms with Crippen molar-refractivity contribution in [2.45, 2.75) is 46.0 Å². The first kappa shape index (κ1) is 17.9. The topological polar surface area (TPSA) is 59.5 Å². The maximum Gasteiger partial charge on any atom is 0.229 e. The molecule has 0 bridgehead atoms. The van der Waals surface area contributed by atoms with Gasteiger partial charge in [-0.3, -0.25) is 0 Å².